The largest absolute Gasteiger partial charge is 0.423 e. The number of benzene rings is 3. The van der Waals surface area contributed by atoms with Crippen LogP contribution in [0.15, 0.2) is 60.7 Å². The summed E-state index contributed by atoms with van der Waals surface area (Å²) >= 11 is 0. The molecular formula is C29H25F3N4O2. The number of halogens is 3. The SMILES string of the molecule is Cc1nc(Nc2ccc(F)cc2)nc(N2CCc3cc(OC(=O)c4cccc(F)c4F)ccc3C2C)c1C. The van der Waals surface area contributed by atoms with Crippen molar-refractivity contribution in [1.82, 2.24) is 9.97 Å². The Labute approximate surface area is 218 Å². The second-order valence-electron chi connectivity index (χ2n) is 9.18. The van der Waals surface area contributed by atoms with Gasteiger partial charge in [0, 0.05) is 23.5 Å². The molecule has 1 aliphatic heterocycles. The highest BCUT2D eigenvalue weighted by atomic mass is 19.2. The summed E-state index contributed by atoms with van der Waals surface area (Å²) in [6.45, 7) is 6.61. The van der Waals surface area contributed by atoms with Crippen molar-refractivity contribution in [2.45, 2.75) is 33.2 Å². The van der Waals surface area contributed by atoms with Crippen molar-refractivity contribution in [3.05, 3.63) is 106 Å². The van der Waals surface area contributed by atoms with Crippen LogP contribution in [0.5, 0.6) is 5.75 Å². The van der Waals surface area contributed by atoms with E-state index in [1.165, 1.54) is 24.3 Å². The minimum absolute atomic E-state index is 0.0455. The molecule has 9 heteroatoms. The molecule has 0 spiro atoms. The number of hydrogen-bond donors (Lipinski definition) is 1. The molecule has 3 aromatic carbocycles. The molecular weight excluding hydrogens is 493 g/mol. The first-order valence-electron chi connectivity index (χ1n) is 12.1. The normalized spacial score (nSPS) is 14.7. The van der Waals surface area contributed by atoms with Gasteiger partial charge in [-0.25, -0.2) is 22.9 Å². The number of nitrogens with one attached hydrogen (secondary N) is 1. The second kappa shape index (κ2) is 10.2. The van der Waals surface area contributed by atoms with Gasteiger partial charge in [0.05, 0.1) is 11.6 Å². The Kier molecular flexibility index (Phi) is 6.75. The molecule has 2 heterocycles. The van der Waals surface area contributed by atoms with Crippen LogP contribution < -0.4 is 15.0 Å². The van der Waals surface area contributed by atoms with Gasteiger partial charge >= 0.3 is 5.97 Å². The van der Waals surface area contributed by atoms with E-state index in [1.807, 2.05) is 19.9 Å². The number of esters is 1. The minimum Gasteiger partial charge on any atom is -0.423 e. The molecule has 6 nitrogen and oxygen atoms in total. The van der Waals surface area contributed by atoms with Gasteiger partial charge in [-0.1, -0.05) is 12.1 Å². The molecule has 194 valence electrons. The fourth-order valence-corrected chi connectivity index (χ4v) is 4.60. The third-order valence-corrected chi connectivity index (χ3v) is 6.77. The Morgan fingerprint density at radius 2 is 1.79 bits per heavy atom. The first kappa shape index (κ1) is 25.3. The van der Waals surface area contributed by atoms with E-state index < -0.39 is 23.2 Å². The van der Waals surface area contributed by atoms with Gasteiger partial charge in [-0.05, 0) is 86.8 Å². The van der Waals surface area contributed by atoms with Crippen molar-refractivity contribution in [2.24, 2.45) is 0 Å². The van der Waals surface area contributed by atoms with E-state index >= 15 is 0 Å². The lowest BCUT2D eigenvalue weighted by molar-refractivity contribution is 0.0728. The van der Waals surface area contributed by atoms with Crippen LogP contribution in [0.1, 0.15) is 45.7 Å². The molecule has 1 aliphatic rings. The summed E-state index contributed by atoms with van der Waals surface area (Å²) in [6, 6.07) is 14.6. The van der Waals surface area contributed by atoms with E-state index in [1.54, 1.807) is 24.3 Å². The molecule has 0 amide bonds. The maximum absolute atomic E-state index is 14.0. The Bertz CT molecular complexity index is 1530. The molecule has 0 saturated heterocycles. The van der Waals surface area contributed by atoms with Crippen LogP contribution in [-0.4, -0.2) is 22.5 Å². The molecule has 0 aliphatic carbocycles. The van der Waals surface area contributed by atoms with Crippen LogP contribution in [-0.2, 0) is 6.42 Å². The highest BCUT2D eigenvalue weighted by Crippen LogP contribution is 2.37. The quantitative estimate of drug-likeness (QED) is 0.237. The smallest absolute Gasteiger partial charge is 0.346 e. The van der Waals surface area contributed by atoms with Gasteiger partial charge in [0.25, 0.3) is 0 Å². The molecule has 1 aromatic heterocycles. The van der Waals surface area contributed by atoms with E-state index in [0.29, 0.717) is 24.6 Å². The number of aryl methyl sites for hydroxylation is 1. The third-order valence-electron chi connectivity index (χ3n) is 6.77. The molecule has 1 N–H and O–H groups in total. The van der Waals surface area contributed by atoms with Crippen molar-refractivity contribution in [3.63, 3.8) is 0 Å². The lowest BCUT2D eigenvalue weighted by Gasteiger charge is -2.37. The van der Waals surface area contributed by atoms with Crippen molar-refractivity contribution in [1.29, 1.82) is 0 Å². The van der Waals surface area contributed by atoms with Crippen LogP contribution in [0, 0.1) is 31.3 Å². The van der Waals surface area contributed by atoms with Gasteiger partial charge in [0.1, 0.15) is 17.4 Å². The van der Waals surface area contributed by atoms with E-state index in [0.717, 1.165) is 34.3 Å². The predicted octanol–water partition coefficient (Wildman–Crippen LogP) is 6.60. The van der Waals surface area contributed by atoms with E-state index in [-0.39, 0.29) is 17.6 Å². The maximum Gasteiger partial charge on any atom is 0.346 e. The van der Waals surface area contributed by atoms with Crippen LogP contribution in [0.25, 0.3) is 0 Å². The number of aromatic nitrogens is 2. The highest BCUT2D eigenvalue weighted by molar-refractivity contribution is 5.91. The second-order valence-corrected chi connectivity index (χ2v) is 9.18. The number of carbonyl (C=O) groups excluding carboxylic acids is 1. The Balaban J connectivity index is 1.38. The Hall–Kier alpha value is -4.40. The number of carbonyl (C=O) groups is 1. The fraction of sp³-hybridized carbons (Fsp3) is 0.207. The zero-order valence-corrected chi connectivity index (χ0v) is 21.1. The monoisotopic (exact) mass is 518 g/mol. The third kappa shape index (κ3) is 4.91. The van der Waals surface area contributed by atoms with Crippen LogP contribution >= 0.6 is 0 Å². The van der Waals surface area contributed by atoms with E-state index in [9.17, 15) is 18.0 Å². The number of rotatable bonds is 5. The summed E-state index contributed by atoms with van der Waals surface area (Å²) in [5.74, 6) is -2.15. The molecule has 0 fully saturated rings. The molecule has 0 radical (unpaired) electrons. The van der Waals surface area contributed by atoms with Gasteiger partial charge in [0.15, 0.2) is 11.6 Å². The van der Waals surface area contributed by atoms with Gasteiger partial charge in [-0.15, -0.1) is 0 Å². The molecule has 38 heavy (non-hydrogen) atoms. The summed E-state index contributed by atoms with van der Waals surface area (Å²) in [6.07, 6.45) is 0.655. The number of hydrogen-bond acceptors (Lipinski definition) is 6. The predicted molar refractivity (Wildman–Crippen MR) is 138 cm³/mol. The van der Waals surface area contributed by atoms with E-state index in [2.05, 4.69) is 22.1 Å². The number of ether oxygens (including phenoxy) is 1. The van der Waals surface area contributed by atoms with Crippen LogP contribution in [0.4, 0.5) is 30.6 Å². The number of fused-ring (bicyclic) bond motifs is 1. The maximum atomic E-state index is 14.0. The van der Waals surface area contributed by atoms with Gasteiger partial charge in [-0.3, -0.25) is 0 Å². The zero-order chi connectivity index (χ0) is 27.0. The summed E-state index contributed by atoms with van der Waals surface area (Å²) in [5, 5.41) is 3.15. The van der Waals surface area contributed by atoms with Gasteiger partial charge in [-0.2, -0.15) is 4.98 Å². The Morgan fingerprint density at radius 1 is 1.03 bits per heavy atom. The average Bonchev–Trinajstić information content (AvgIpc) is 2.89. The fourth-order valence-electron chi connectivity index (χ4n) is 4.60. The lowest BCUT2D eigenvalue weighted by atomic mass is 9.93. The Morgan fingerprint density at radius 3 is 2.55 bits per heavy atom. The summed E-state index contributed by atoms with van der Waals surface area (Å²) in [5.41, 5.74) is 4.03. The number of anilines is 3. The van der Waals surface area contributed by atoms with Gasteiger partial charge < -0.3 is 15.0 Å². The lowest BCUT2D eigenvalue weighted by Crippen LogP contribution is -2.35. The average molecular weight is 519 g/mol. The van der Waals surface area contributed by atoms with E-state index in [4.69, 9.17) is 9.72 Å². The topological polar surface area (TPSA) is 67.3 Å². The van der Waals surface area contributed by atoms with Gasteiger partial charge in [0.2, 0.25) is 5.95 Å². The van der Waals surface area contributed by atoms with Crippen LogP contribution in [0.2, 0.25) is 0 Å². The summed E-state index contributed by atoms with van der Waals surface area (Å²) in [4.78, 5) is 23.9. The number of nitrogens with zero attached hydrogens (tertiary/aromatic N) is 3. The minimum atomic E-state index is -1.23. The molecule has 1 atom stereocenters. The standard InChI is InChI=1S/C29H25F3N4O2/c1-16-17(2)33-29(34-21-9-7-20(30)8-10-21)35-27(16)36-14-13-19-15-22(11-12-23(19)18(36)3)38-28(37)24-5-4-6-25(31)26(24)32/h4-12,15,18H,13-14H2,1-3H3,(H,33,34,35). The first-order valence-corrected chi connectivity index (χ1v) is 12.1. The summed E-state index contributed by atoms with van der Waals surface area (Å²) in [7, 11) is 0. The first-order chi connectivity index (χ1) is 18.2. The molecule has 5 rings (SSSR count). The highest BCUT2D eigenvalue weighted by Gasteiger charge is 2.28. The van der Waals surface area contributed by atoms with Crippen molar-refractivity contribution in [2.75, 3.05) is 16.8 Å². The molecule has 4 aromatic rings. The van der Waals surface area contributed by atoms with Crippen molar-refractivity contribution >= 4 is 23.4 Å². The molecule has 1 unspecified atom stereocenters. The molecule has 0 bridgehead atoms. The van der Waals surface area contributed by atoms with Crippen LogP contribution in [0.3, 0.4) is 0 Å². The van der Waals surface area contributed by atoms with Crippen molar-refractivity contribution < 1.29 is 22.7 Å². The van der Waals surface area contributed by atoms with Crippen molar-refractivity contribution in [3.8, 4) is 5.75 Å². The zero-order valence-electron chi connectivity index (χ0n) is 21.1. The molecule has 0 saturated carbocycles. The summed E-state index contributed by atoms with van der Waals surface area (Å²) < 4.78 is 46.2.